The highest BCUT2D eigenvalue weighted by Gasteiger charge is 2.16. The first-order valence-electron chi connectivity index (χ1n) is 8.87. The lowest BCUT2D eigenvalue weighted by atomic mass is 10.0. The summed E-state index contributed by atoms with van der Waals surface area (Å²) in [6.07, 6.45) is 5.74. The lowest BCUT2D eigenvalue weighted by Gasteiger charge is -2.13. The Morgan fingerprint density at radius 2 is 2.08 bits per heavy atom. The fraction of sp³-hybridized carbons (Fsp3) is 0.238. The average Bonchev–Trinajstić information content (AvgIpc) is 3.22. The molecule has 0 aliphatic carbocycles. The topological polar surface area (TPSA) is 70.9 Å². The van der Waals surface area contributed by atoms with Gasteiger partial charge in [-0.2, -0.15) is 0 Å². The Hall–Kier alpha value is -3.08. The predicted octanol–water partition coefficient (Wildman–Crippen LogP) is 2.80. The Labute approximate surface area is 153 Å². The Bertz CT molecular complexity index is 957. The first kappa shape index (κ1) is 16.4. The molecule has 0 unspecified atom stereocenters. The van der Waals surface area contributed by atoms with Crippen LogP contribution < -0.4 is 10.6 Å². The summed E-state index contributed by atoms with van der Waals surface area (Å²) in [6, 6.07) is 14.5. The van der Waals surface area contributed by atoms with Crippen LogP contribution in [0.4, 0.5) is 5.69 Å². The van der Waals surface area contributed by atoms with E-state index in [1.165, 1.54) is 16.8 Å². The highest BCUT2D eigenvalue weighted by atomic mass is 15.1. The number of nitrogens with two attached hydrogens (primary N) is 1. The molecule has 0 radical (unpaired) electrons. The molecule has 4 rings (SSSR count). The van der Waals surface area contributed by atoms with Gasteiger partial charge in [0.1, 0.15) is 11.7 Å². The van der Waals surface area contributed by atoms with Crippen molar-refractivity contribution in [2.75, 3.05) is 18.5 Å². The van der Waals surface area contributed by atoms with Crippen molar-refractivity contribution in [1.29, 1.82) is 5.41 Å². The lowest BCUT2D eigenvalue weighted by Crippen LogP contribution is -2.15. The first-order chi connectivity index (χ1) is 12.6. The van der Waals surface area contributed by atoms with E-state index in [1.807, 2.05) is 36.7 Å². The van der Waals surface area contributed by atoms with Crippen LogP contribution in [0.2, 0.25) is 0 Å². The van der Waals surface area contributed by atoms with Crippen LogP contribution >= 0.6 is 0 Å². The second-order valence-electron chi connectivity index (χ2n) is 6.85. The number of aromatic nitrogens is 2. The summed E-state index contributed by atoms with van der Waals surface area (Å²) in [5.41, 5.74) is 11.6. The van der Waals surface area contributed by atoms with E-state index in [0.717, 1.165) is 36.3 Å². The van der Waals surface area contributed by atoms with Gasteiger partial charge in [0, 0.05) is 50.2 Å². The monoisotopic (exact) mass is 345 g/mol. The van der Waals surface area contributed by atoms with E-state index in [4.69, 9.17) is 11.1 Å². The maximum absolute atomic E-state index is 7.77. The Morgan fingerprint density at radius 3 is 2.92 bits per heavy atom. The van der Waals surface area contributed by atoms with Gasteiger partial charge in [-0.15, -0.1) is 0 Å². The van der Waals surface area contributed by atoms with Gasteiger partial charge in [-0.3, -0.25) is 5.41 Å². The highest BCUT2D eigenvalue weighted by molar-refractivity contribution is 5.96. The van der Waals surface area contributed by atoms with Crippen molar-refractivity contribution in [2.45, 2.75) is 19.4 Å². The molecule has 2 aromatic carbocycles. The molecule has 0 bridgehead atoms. The number of rotatable bonds is 5. The fourth-order valence-electron chi connectivity index (χ4n) is 3.67. The van der Waals surface area contributed by atoms with Crippen LogP contribution in [0.15, 0.2) is 54.9 Å². The number of benzene rings is 2. The predicted molar refractivity (Wildman–Crippen MR) is 105 cm³/mol. The standard InChI is InChI=1S/C21H23N5/c1-25-10-8-16-12-15(6-7-19(16)25)13-20-24-9-11-26(20)14-17-4-2-3-5-18(17)21(22)23/h2-7,9,11-12H,8,10,13-14H2,1H3,(H3,22,23). The van der Waals surface area contributed by atoms with Crippen molar-refractivity contribution >= 4 is 11.5 Å². The van der Waals surface area contributed by atoms with E-state index in [1.54, 1.807) is 0 Å². The molecule has 0 atom stereocenters. The van der Waals surface area contributed by atoms with Crippen LogP contribution in [-0.2, 0) is 19.4 Å². The zero-order chi connectivity index (χ0) is 18.1. The third kappa shape index (κ3) is 3.08. The molecule has 0 spiro atoms. The summed E-state index contributed by atoms with van der Waals surface area (Å²) < 4.78 is 2.14. The summed E-state index contributed by atoms with van der Waals surface area (Å²) in [7, 11) is 2.14. The van der Waals surface area contributed by atoms with Crippen LogP contribution in [0.1, 0.15) is 28.1 Å². The molecule has 0 saturated heterocycles. The Kier molecular flexibility index (Phi) is 4.21. The lowest BCUT2D eigenvalue weighted by molar-refractivity contribution is 0.739. The van der Waals surface area contributed by atoms with Gasteiger partial charge >= 0.3 is 0 Å². The summed E-state index contributed by atoms with van der Waals surface area (Å²) in [5, 5.41) is 7.77. The van der Waals surface area contributed by atoms with E-state index in [-0.39, 0.29) is 5.84 Å². The van der Waals surface area contributed by atoms with Gasteiger partial charge in [-0.25, -0.2) is 4.98 Å². The van der Waals surface area contributed by atoms with Crippen molar-refractivity contribution in [3.63, 3.8) is 0 Å². The largest absolute Gasteiger partial charge is 0.384 e. The molecule has 0 fully saturated rings. The number of nitrogens with zero attached hydrogens (tertiary/aromatic N) is 3. The van der Waals surface area contributed by atoms with Gasteiger partial charge in [0.25, 0.3) is 0 Å². The van der Waals surface area contributed by atoms with Crippen molar-refractivity contribution in [2.24, 2.45) is 5.73 Å². The number of fused-ring (bicyclic) bond motifs is 1. The van der Waals surface area contributed by atoms with E-state index in [9.17, 15) is 0 Å². The molecule has 0 amide bonds. The van der Waals surface area contributed by atoms with Gasteiger partial charge in [0.2, 0.25) is 0 Å². The van der Waals surface area contributed by atoms with E-state index >= 15 is 0 Å². The summed E-state index contributed by atoms with van der Waals surface area (Å²) in [6.45, 7) is 1.76. The summed E-state index contributed by atoms with van der Waals surface area (Å²) in [5.74, 6) is 1.12. The number of amidine groups is 1. The van der Waals surface area contributed by atoms with E-state index in [0.29, 0.717) is 6.54 Å². The van der Waals surface area contributed by atoms with Gasteiger partial charge in [0.05, 0.1) is 0 Å². The van der Waals surface area contributed by atoms with Gasteiger partial charge < -0.3 is 15.2 Å². The number of nitrogen functional groups attached to an aromatic ring is 1. The van der Waals surface area contributed by atoms with Crippen molar-refractivity contribution < 1.29 is 0 Å². The van der Waals surface area contributed by atoms with Crippen LogP contribution in [0.5, 0.6) is 0 Å². The highest BCUT2D eigenvalue weighted by Crippen LogP contribution is 2.28. The molecule has 26 heavy (non-hydrogen) atoms. The minimum atomic E-state index is 0.102. The molecule has 5 nitrogen and oxygen atoms in total. The minimum absolute atomic E-state index is 0.102. The third-order valence-corrected chi connectivity index (χ3v) is 5.08. The molecular weight excluding hydrogens is 322 g/mol. The Balaban J connectivity index is 1.58. The number of imidazole rings is 1. The second-order valence-corrected chi connectivity index (χ2v) is 6.85. The molecule has 3 N–H and O–H groups in total. The smallest absolute Gasteiger partial charge is 0.123 e. The molecule has 1 aliphatic heterocycles. The van der Waals surface area contributed by atoms with Crippen LogP contribution in [-0.4, -0.2) is 29.0 Å². The summed E-state index contributed by atoms with van der Waals surface area (Å²) >= 11 is 0. The van der Waals surface area contributed by atoms with Crippen molar-refractivity contribution in [1.82, 2.24) is 9.55 Å². The van der Waals surface area contributed by atoms with Crippen molar-refractivity contribution in [3.8, 4) is 0 Å². The SMILES string of the molecule is CN1CCc2cc(Cc3nccn3Cc3ccccc3C(=N)N)ccc21. The molecule has 2 heterocycles. The van der Waals surface area contributed by atoms with Gasteiger partial charge in [-0.1, -0.05) is 36.4 Å². The molecule has 132 valence electrons. The van der Waals surface area contributed by atoms with Crippen LogP contribution in [0.3, 0.4) is 0 Å². The molecule has 0 saturated carbocycles. The van der Waals surface area contributed by atoms with E-state index in [2.05, 4.69) is 39.7 Å². The van der Waals surface area contributed by atoms with Crippen LogP contribution in [0, 0.1) is 5.41 Å². The van der Waals surface area contributed by atoms with Crippen LogP contribution in [0.25, 0.3) is 0 Å². The zero-order valence-electron chi connectivity index (χ0n) is 14.9. The summed E-state index contributed by atoms with van der Waals surface area (Å²) in [4.78, 5) is 6.86. The maximum Gasteiger partial charge on any atom is 0.123 e. The van der Waals surface area contributed by atoms with Gasteiger partial charge in [-0.05, 0) is 29.2 Å². The number of likely N-dealkylation sites (N-methyl/N-ethyl adjacent to an activating group) is 1. The number of anilines is 1. The average molecular weight is 345 g/mol. The third-order valence-electron chi connectivity index (χ3n) is 5.08. The maximum atomic E-state index is 7.77. The molecule has 1 aliphatic rings. The minimum Gasteiger partial charge on any atom is -0.384 e. The second kappa shape index (κ2) is 6.67. The first-order valence-corrected chi connectivity index (χ1v) is 8.87. The number of hydrogen-bond donors (Lipinski definition) is 2. The molecular formula is C21H23N5. The van der Waals surface area contributed by atoms with E-state index < -0.39 is 0 Å². The Morgan fingerprint density at radius 1 is 1.23 bits per heavy atom. The number of hydrogen-bond acceptors (Lipinski definition) is 3. The normalized spacial score (nSPS) is 13.0. The molecule has 5 heteroatoms. The fourth-order valence-corrected chi connectivity index (χ4v) is 3.67. The molecule has 3 aromatic rings. The number of nitrogens with one attached hydrogen (secondary N) is 1. The zero-order valence-corrected chi connectivity index (χ0v) is 14.9. The quantitative estimate of drug-likeness (QED) is 0.552. The van der Waals surface area contributed by atoms with Crippen molar-refractivity contribution in [3.05, 3.63) is 82.9 Å². The molecule has 1 aromatic heterocycles. The van der Waals surface area contributed by atoms with Gasteiger partial charge in [0.15, 0.2) is 0 Å².